The number of benzene rings is 1. The van der Waals surface area contributed by atoms with E-state index in [-0.39, 0.29) is 5.17 Å². The van der Waals surface area contributed by atoms with Crippen molar-refractivity contribution in [3.8, 4) is 0 Å². The summed E-state index contributed by atoms with van der Waals surface area (Å²) >= 11 is 8.01. The normalized spacial score (nSPS) is 8.00. The first kappa shape index (κ1) is 19.0. The Labute approximate surface area is 119 Å². The van der Waals surface area contributed by atoms with E-state index in [0.717, 1.165) is 0 Å². The smallest absolute Gasteiger partial charge is 0.253 e. The Bertz CT molecular complexity index is 341. The van der Waals surface area contributed by atoms with Crippen LogP contribution in [0.25, 0.3) is 0 Å². The van der Waals surface area contributed by atoms with E-state index in [1.54, 1.807) is 7.05 Å². The molecule has 0 bridgehead atoms. The second kappa shape index (κ2) is 10.7. The number of nitrogens with two attached hydrogens (primary N) is 1. The van der Waals surface area contributed by atoms with Gasteiger partial charge in [-0.3, -0.25) is 0 Å². The minimum Gasteiger partial charge on any atom is -0.487 e. The summed E-state index contributed by atoms with van der Waals surface area (Å²) in [6, 6.07) is 6.56. The predicted molar refractivity (Wildman–Crippen MR) is 84.4 cm³/mol. The van der Waals surface area contributed by atoms with Gasteiger partial charge in [0, 0.05) is 7.05 Å². The summed E-state index contributed by atoms with van der Waals surface area (Å²) in [5.74, 6) is 0. The summed E-state index contributed by atoms with van der Waals surface area (Å²) in [5.41, 5.74) is 8.46. The number of aryl methyl sites for hydroxylation is 3. The fourth-order valence-electron chi connectivity index (χ4n) is 1.20. The fourth-order valence-corrected chi connectivity index (χ4v) is 1.20. The number of nitrogens with one attached hydrogen (secondary N) is 1. The van der Waals surface area contributed by atoms with Gasteiger partial charge in [-0.25, -0.2) is 0 Å². The minimum absolute atomic E-state index is 0.162. The Morgan fingerprint density at radius 2 is 1.17 bits per heavy atom. The van der Waals surface area contributed by atoms with Gasteiger partial charge in [0.15, 0.2) is 0 Å². The zero-order valence-corrected chi connectivity index (χ0v) is 12.7. The van der Waals surface area contributed by atoms with Crippen LogP contribution in [-0.2, 0) is 0 Å². The molecule has 0 aliphatic rings. The molecular formula is C12H20N2O2S2. The van der Waals surface area contributed by atoms with Gasteiger partial charge in [0.25, 0.3) is 10.3 Å². The van der Waals surface area contributed by atoms with Crippen LogP contribution < -0.4 is 11.1 Å². The van der Waals surface area contributed by atoms with E-state index in [4.69, 9.17) is 10.2 Å². The molecule has 5 N–H and O–H groups in total. The van der Waals surface area contributed by atoms with Crippen molar-refractivity contribution in [3.63, 3.8) is 0 Å². The summed E-state index contributed by atoms with van der Waals surface area (Å²) < 4.78 is 0. The van der Waals surface area contributed by atoms with Gasteiger partial charge in [0.05, 0.1) is 0 Å². The summed E-state index contributed by atoms with van der Waals surface area (Å²) in [4.78, 5) is 0. The molecule has 0 saturated carbocycles. The highest BCUT2D eigenvalue weighted by Crippen LogP contribution is 2.06. The Kier molecular flexibility index (Phi) is 11.3. The molecule has 0 saturated heterocycles. The SMILES string of the molecule is CNC(O)=S.Cc1cc(C)cc(C)c1.NC(O)=S. The molecule has 0 spiro atoms. The molecule has 0 aliphatic heterocycles. The van der Waals surface area contributed by atoms with Crippen LogP contribution in [0.1, 0.15) is 16.7 Å². The van der Waals surface area contributed by atoms with E-state index in [1.807, 2.05) is 0 Å². The van der Waals surface area contributed by atoms with Gasteiger partial charge in [-0.1, -0.05) is 34.9 Å². The Morgan fingerprint density at radius 1 is 1.00 bits per heavy atom. The van der Waals surface area contributed by atoms with E-state index in [9.17, 15) is 0 Å². The van der Waals surface area contributed by atoms with Crippen LogP contribution in [0, 0.1) is 20.8 Å². The lowest BCUT2D eigenvalue weighted by Gasteiger charge is -1.96. The standard InChI is InChI=1S/C9H12.C2H5NOS.CH3NOS/c1-7-4-8(2)6-9(3)5-7;1-3-2(4)5;2-1(3)4/h4-6H,1-3H3;1H3,(H2,3,4,5);(H3,2,3,4). The van der Waals surface area contributed by atoms with Gasteiger partial charge in [-0.05, 0) is 45.2 Å². The zero-order chi connectivity index (χ0) is 14.7. The van der Waals surface area contributed by atoms with Crippen molar-refractivity contribution in [1.29, 1.82) is 0 Å². The molecule has 0 heterocycles. The largest absolute Gasteiger partial charge is 0.487 e. The van der Waals surface area contributed by atoms with E-state index < -0.39 is 5.17 Å². The maximum atomic E-state index is 7.98. The van der Waals surface area contributed by atoms with Crippen LogP contribution in [0.4, 0.5) is 0 Å². The molecule has 4 nitrogen and oxygen atoms in total. The zero-order valence-electron chi connectivity index (χ0n) is 11.0. The first-order valence-electron chi connectivity index (χ1n) is 5.13. The van der Waals surface area contributed by atoms with Crippen molar-refractivity contribution < 1.29 is 10.2 Å². The van der Waals surface area contributed by atoms with E-state index in [2.05, 4.69) is 74.5 Å². The quantitative estimate of drug-likeness (QED) is 0.549. The van der Waals surface area contributed by atoms with E-state index >= 15 is 0 Å². The third-order valence-electron chi connectivity index (χ3n) is 1.58. The molecule has 0 radical (unpaired) electrons. The Balaban J connectivity index is 0. The number of aliphatic hydroxyl groups is 2. The maximum Gasteiger partial charge on any atom is 0.253 e. The monoisotopic (exact) mass is 288 g/mol. The molecule has 102 valence electrons. The van der Waals surface area contributed by atoms with Crippen LogP contribution in [0.2, 0.25) is 0 Å². The molecule has 0 fully saturated rings. The molecule has 0 unspecified atom stereocenters. The van der Waals surface area contributed by atoms with Crippen molar-refractivity contribution in [2.75, 3.05) is 7.05 Å². The lowest BCUT2D eigenvalue weighted by Crippen LogP contribution is -2.12. The van der Waals surface area contributed by atoms with Crippen molar-refractivity contribution in [3.05, 3.63) is 34.9 Å². The molecular weight excluding hydrogens is 268 g/mol. The van der Waals surface area contributed by atoms with Gasteiger partial charge < -0.3 is 21.3 Å². The van der Waals surface area contributed by atoms with Gasteiger partial charge in [-0.2, -0.15) is 0 Å². The summed E-state index contributed by atoms with van der Waals surface area (Å²) in [5, 5.41) is 17.2. The van der Waals surface area contributed by atoms with Gasteiger partial charge >= 0.3 is 0 Å². The average molecular weight is 288 g/mol. The van der Waals surface area contributed by atoms with E-state index in [1.165, 1.54) is 16.7 Å². The van der Waals surface area contributed by atoms with Crippen LogP contribution in [0.5, 0.6) is 0 Å². The number of aliphatic hydroxyl groups excluding tert-OH is 2. The summed E-state index contributed by atoms with van der Waals surface area (Å²) in [6.45, 7) is 6.38. The number of rotatable bonds is 0. The lowest BCUT2D eigenvalue weighted by atomic mass is 10.1. The van der Waals surface area contributed by atoms with Crippen molar-refractivity contribution in [2.24, 2.45) is 5.73 Å². The number of hydrogen-bond donors (Lipinski definition) is 4. The molecule has 6 heteroatoms. The number of hydrogen-bond acceptors (Lipinski definition) is 2. The molecule has 1 rings (SSSR count). The van der Waals surface area contributed by atoms with Crippen LogP contribution in [-0.4, -0.2) is 27.6 Å². The molecule has 0 aliphatic carbocycles. The fraction of sp³-hybridized carbons (Fsp3) is 0.333. The maximum absolute atomic E-state index is 7.98. The van der Waals surface area contributed by atoms with Crippen LogP contribution in [0.3, 0.4) is 0 Å². The first-order chi connectivity index (χ1) is 8.18. The Morgan fingerprint density at radius 3 is 1.28 bits per heavy atom. The molecule has 1 aromatic rings. The molecule has 18 heavy (non-hydrogen) atoms. The first-order valence-corrected chi connectivity index (χ1v) is 5.94. The van der Waals surface area contributed by atoms with Crippen LogP contribution in [0.15, 0.2) is 18.2 Å². The van der Waals surface area contributed by atoms with E-state index in [0.29, 0.717) is 0 Å². The summed E-state index contributed by atoms with van der Waals surface area (Å²) in [6.07, 6.45) is 0. The highest BCUT2D eigenvalue weighted by atomic mass is 32.1. The predicted octanol–water partition coefficient (Wildman–Crippen LogP) is 2.45. The van der Waals surface area contributed by atoms with Gasteiger partial charge in [0.1, 0.15) is 0 Å². The molecule has 0 aromatic heterocycles. The van der Waals surface area contributed by atoms with Gasteiger partial charge in [0.2, 0.25) is 0 Å². The highest BCUT2D eigenvalue weighted by molar-refractivity contribution is 7.80. The third-order valence-corrected chi connectivity index (χ3v) is 1.78. The Hall–Kier alpha value is -1.40. The average Bonchev–Trinajstić information content (AvgIpc) is 2.15. The number of thiocarbonyl (C=S) groups is 2. The molecule has 0 atom stereocenters. The highest BCUT2D eigenvalue weighted by Gasteiger charge is 1.87. The van der Waals surface area contributed by atoms with Gasteiger partial charge in [-0.15, -0.1) is 0 Å². The summed E-state index contributed by atoms with van der Waals surface area (Å²) in [7, 11) is 1.56. The topological polar surface area (TPSA) is 78.5 Å². The lowest BCUT2D eigenvalue weighted by molar-refractivity contribution is 0.542. The van der Waals surface area contributed by atoms with Crippen molar-refractivity contribution in [1.82, 2.24) is 5.32 Å². The van der Waals surface area contributed by atoms with Crippen molar-refractivity contribution in [2.45, 2.75) is 20.8 Å². The second-order valence-electron chi connectivity index (χ2n) is 3.56. The molecule has 1 aromatic carbocycles. The molecule has 0 amide bonds. The second-order valence-corrected chi connectivity index (χ2v) is 4.36. The minimum atomic E-state index is -0.500. The third kappa shape index (κ3) is 17.0. The van der Waals surface area contributed by atoms with Crippen LogP contribution >= 0.6 is 24.4 Å². The van der Waals surface area contributed by atoms with Crippen molar-refractivity contribution >= 4 is 34.8 Å².